The van der Waals surface area contributed by atoms with E-state index in [-0.39, 0.29) is 53.1 Å². The van der Waals surface area contributed by atoms with Gasteiger partial charge in [-0.3, -0.25) is 19.9 Å². The molecule has 0 atom stereocenters. The first-order valence-electron chi connectivity index (χ1n) is 10.8. The Labute approximate surface area is 265 Å². The fraction of sp³-hybridized carbons (Fsp3) is 0. The molecular formula is C26H15N6O8RuS2-. The van der Waals surface area contributed by atoms with Gasteiger partial charge in [-0.1, -0.05) is 24.4 Å². The average Bonchev–Trinajstić information content (AvgIpc) is 2.98. The Morgan fingerprint density at radius 1 is 0.581 bits per heavy atom. The van der Waals surface area contributed by atoms with Crippen molar-refractivity contribution in [1.29, 1.82) is 0 Å². The van der Waals surface area contributed by atoms with Crippen molar-refractivity contribution in [1.82, 2.24) is 19.9 Å². The van der Waals surface area contributed by atoms with Gasteiger partial charge in [0.05, 0.1) is 45.4 Å². The van der Waals surface area contributed by atoms with E-state index in [0.717, 1.165) is 0 Å². The van der Waals surface area contributed by atoms with E-state index >= 15 is 0 Å². The minimum absolute atomic E-state index is 0. The van der Waals surface area contributed by atoms with Crippen molar-refractivity contribution >= 4 is 58.6 Å². The molecule has 4 heterocycles. The monoisotopic (exact) mass is 705 g/mol. The summed E-state index contributed by atoms with van der Waals surface area (Å²) in [6, 6.07) is 10.6. The summed E-state index contributed by atoms with van der Waals surface area (Å²) < 4.78 is 0. The zero-order valence-corrected chi connectivity index (χ0v) is 24.5. The third-order valence-electron chi connectivity index (χ3n) is 4.54. The van der Waals surface area contributed by atoms with E-state index in [1.165, 1.54) is 83.6 Å². The van der Waals surface area contributed by atoms with E-state index in [0.29, 0.717) is 11.4 Å². The Hall–Kier alpha value is -5.30. The molecule has 4 rings (SSSR count). The molecule has 0 saturated carbocycles. The maximum Gasteiger partial charge on any atom is 2.00 e. The van der Waals surface area contributed by atoms with Crippen molar-refractivity contribution in [3.8, 4) is 22.8 Å². The number of carbonyl (C=O) groups excluding carboxylic acids is 1. The second-order valence-corrected chi connectivity index (χ2v) is 7.47. The van der Waals surface area contributed by atoms with Gasteiger partial charge in [0.25, 0.3) is 0 Å². The topological polar surface area (TPSA) is 248 Å². The van der Waals surface area contributed by atoms with Crippen LogP contribution < -0.4 is 5.11 Å². The van der Waals surface area contributed by atoms with Gasteiger partial charge in [-0.05, 0) is 48.5 Å². The molecule has 43 heavy (non-hydrogen) atoms. The van der Waals surface area contributed by atoms with Crippen LogP contribution in [0.1, 0.15) is 41.4 Å². The van der Waals surface area contributed by atoms with Gasteiger partial charge in [0, 0.05) is 30.4 Å². The van der Waals surface area contributed by atoms with Gasteiger partial charge in [0.2, 0.25) is 0 Å². The van der Waals surface area contributed by atoms with Gasteiger partial charge in [-0.2, -0.15) is 10.3 Å². The van der Waals surface area contributed by atoms with Crippen LogP contribution in [0.2, 0.25) is 0 Å². The van der Waals surface area contributed by atoms with Gasteiger partial charge >= 0.3 is 37.4 Å². The first kappa shape index (κ1) is 37.7. The maximum atomic E-state index is 10.8. The number of isothiocyanates is 2. The summed E-state index contributed by atoms with van der Waals surface area (Å²) in [6.07, 6.45) is 5.31. The number of pyridine rings is 4. The quantitative estimate of drug-likeness (QED) is 0.148. The van der Waals surface area contributed by atoms with E-state index in [1.807, 2.05) is 0 Å². The number of carboxylic acid groups (broad SMARTS) is 4. The molecule has 0 aliphatic carbocycles. The summed E-state index contributed by atoms with van der Waals surface area (Å²) in [7, 11) is 0. The SMILES string of the molecule is O=C(O)c1ccnc(-c2cc(C(=O)O)ccn2)c1.O=C([O-])c1ccnc(-c2cc(C(=O)O)ccn2)c1.[N-]=C=S.[N-]=C=S.[Ru+2]. The molecule has 0 aromatic carbocycles. The van der Waals surface area contributed by atoms with Crippen molar-refractivity contribution in [2.45, 2.75) is 0 Å². The van der Waals surface area contributed by atoms with Crippen LogP contribution in [0.15, 0.2) is 73.3 Å². The van der Waals surface area contributed by atoms with Gasteiger partial charge in [0.15, 0.2) is 0 Å². The number of carboxylic acids is 4. The Morgan fingerprint density at radius 2 is 0.791 bits per heavy atom. The Morgan fingerprint density at radius 3 is 1.00 bits per heavy atom. The van der Waals surface area contributed by atoms with Crippen LogP contribution >= 0.6 is 24.4 Å². The van der Waals surface area contributed by atoms with Gasteiger partial charge in [-0.25, -0.2) is 14.4 Å². The standard InChI is InChI=1S/2C12H8N2O4.2CNS.Ru/c2*15-11(16)7-1-3-13-9(5-7)10-6-8(12(17)18)2-4-14-10;2*2-1-3;/h2*1-6H,(H,15,16)(H,17,18);;;/q;;2*-1;+2/p-1. The molecule has 0 radical (unpaired) electrons. The molecule has 0 unspecified atom stereocenters. The molecule has 0 aliphatic rings. The van der Waals surface area contributed by atoms with E-state index in [9.17, 15) is 24.3 Å². The molecule has 3 N–H and O–H groups in total. The number of hydrogen-bond donors (Lipinski definition) is 3. The smallest absolute Gasteiger partial charge is 0.753 e. The van der Waals surface area contributed by atoms with Crippen molar-refractivity contribution < 1.29 is 59.1 Å². The Bertz CT molecular complexity index is 1440. The summed E-state index contributed by atoms with van der Waals surface area (Å²) in [5, 5.41) is 54.2. The zero-order chi connectivity index (χ0) is 31.7. The Kier molecular flexibility index (Phi) is 17.3. The summed E-state index contributed by atoms with van der Waals surface area (Å²) in [6.45, 7) is 0. The van der Waals surface area contributed by atoms with Crippen molar-refractivity contribution in [3.05, 3.63) is 106 Å². The number of rotatable bonds is 6. The predicted octanol–water partition coefficient (Wildman–Crippen LogP) is 3.06. The fourth-order valence-electron chi connectivity index (χ4n) is 2.81. The molecule has 0 saturated heterocycles. The molecule has 0 aliphatic heterocycles. The maximum absolute atomic E-state index is 10.8. The number of hydrogen-bond acceptors (Lipinski definition) is 11. The van der Waals surface area contributed by atoms with E-state index < -0.39 is 23.9 Å². The summed E-state index contributed by atoms with van der Waals surface area (Å²) in [5.41, 5.74) is 1.36. The van der Waals surface area contributed by atoms with Crippen molar-refractivity contribution in [2.24, 2.45) is 0 Å². The molecule has 218 valence electrons. The molecule has 4 aromatic heterocycles. The minimum atomic E-state index is -1.33. The van der Waals surface area contributed by atoms with Crippen LogP contribution in [-0.2, 0) is 19.5 Å². The van der Waals surface area contributed by atoms with Crippen molar-refractivity contribution in [2.75, 3.05) is 0 Å². The predicted molar refractivity (Wildman–Crippen MR) is 152 cm³/mol. The van der Waals surface area contributed by atoms with Crippen LogP contribution in [0.5, 0.6) is 0 Å². The second kappa shape index (κ2) is 19.7. The molecule has 0 fully saturated rings. The van der Waals surface area contributed by atoms with Gasteiger partial charge < -0.3 is 36.0 Å². The number of thiocarbonyl (C=S) groups is 2. The molecule has 4 aromatic rings. The van der Waals surface area contributed by atoms with Crippen LogP contribution in [-0.4, -0.2) is 69.5 Å². The summed E-state index contributed by atoms with van der Waals surface area (Å²) >= 11 is 7.40. The molecule has 0 amide bonds. The first-order valence-corrected chi connectivity index (χ1v) is 11.6. The number of aromatic carboxylic acids is 4. The minimum Gasteiger partial charge on any atom is -0.753 e. The largest absolute Gasteiger partial charge is 2.00 e. The number of carbonyl (C=O) groups is 4. The van der Waals surface area contributed by atoms with Crippen LogP contribution in [0, 0.1) is 0 Å². The van der Waals surface area contributed by atoms with Crippen LogP contribution in [0.25, 0.3) is 33.6 Å². The Balaban J connectivity index is 0.000000680. The summed E-state index contributed by atoms with van der Waals surface area (Å²) in [5.74, 6) is -4.57. The summed E-state index contributed by atoms with van der Waals surface area (Å²) in [4.78, 5) is 59.0. The normalized spacial score (nSPS) is 8.74. The molecule has 17 heteroatoms. The van der Waals surface area contributed by atoms with E-state index in [4.69, 9.17) is 26.1 Å². The fourth-order valence-corrected chi connectivity index (χ4v) is 2.81. The average molecular weight is 705 g/mol. The third-order valence-corrected chi connectivity index (χ3v) is 4.54. The number of aromatic nitrogens is 4. The van der Waals surface area contributed by atoms with Crippen molar-refractivity contribution in [3.63, 3.8) is 0 Å². The molecule has 0 spiro atoms. The molecular weight excluding hydrogens is 690 g/mol. The zero-order valence-electron chi connectivity index (χ0n) is 21.2. The first-order chi connectivity index (χ1) is 20.0. The van der Waals surface area contributed by atoms with E-state index in [1.54, 1.807) is 0 Å². The number of nitrogens with zero attached hydrogens (tertiary/aromatic N) is 6. The van der Waals surface area contributed by atoms with Crippen LogP contribution in [0.3, 0.4) is 0 Å². The van der Waals surface area contributed by atoms with Gasteiger partial charge in [-0.15, -0.1) is 0 Å². The molecule has 14 nitrogen and oxygen atoms in total. The van der Waals surface area contributed by atoms with E-state index in [2.05, 4.69) is 44.4 Å². The van der Waals surface area contributed by atoms with Crippen LogP contribution in [0.4, 0.5) is 0 Å². The second-order valence-electron chi connectivity index (χ2n) is 7.10. The molecule has 0 bridgehead atoms. The third kappa shape index (κ3) is 12.8. The van der Waals surface area contributed by atoms with Gasteiger partial charge in [0.1, 0.15) is 0 Å².